The molecule has 0 fully saturated rings. The second-order valence-electron chi connectivity index (χ2n) is 4.94. The minimum Gasteiger partial charge on any atom is -0.504 e. The van der Waals surface area contributed by atoms with Crippen molar-refractivity contribution in [2.24, 2.45) is 0 Å². The number of hydrogen-bond acceptors (Lipinski definition) is 4. The highest BCUT2D eigenvalue weighted by molar-refractivity contribution is 14.1. The van der Waals surface area contributed by atoms with E-state index in [4.69, 9.17) is 4.42 Å². The Morgan fingerprint density at radius 1 is 1.23 bits per heavy atom. The van der Waals surface area contributed by atoms with E-state index in [1.54, 1.807) is 19.4 Å². The van der Waals surface area contributed by atoms with Gasteiger partial charge in [0, 0.05) is 28.6 Å². The van der Waals surface area contributed by atoms with Crippen molar-refractivity contribution in [1.29, 1.82) is 0 Å². The molecule has 3 rings (SSSR count). The maximum atomic E-state index is 10.6. The highest BCUT2D eigenvalue weighted by atomic mass is 127. The zero-order chi connectivity index (χ0) is 15.7. The van der Waals surface area contributed by atoms with E-state index in [1.165, 1.54) is 5.56 Å². The number of anilines is 1. The number of nitrogens with one attached hydrogen (secondary N) is 1. The largest absolute Gasteiger partial charge is 0.504 e. The van der Waals surface area contributed by atoms with Gasteiger partial charge >= 0.3 is 0 Å². The molecule has 2 heterocycles. The molecule has 22 heavy (non-hydrogen) atoms. The topological polar surface area (TPSA) is 58.3 Å². The predicted molar refractivity (Wildman–Crippen MR) is 96.0 cm³/mol. The Balaban J connectivity index is 2.19. The van der Waals surface area contributed by atoms with E-state index in [2.05, 4.69) is 39.8 Å². The van der Waals surface area contributed by atoms with Gasteiger partial charge in [0.25, 0.3) is 0 Å². The van der Waals surface area contributed by atoms with Crippen molar-refractivity contribution in [3.05, 3.63) is 51.9 Å². The standard InChI is InChI=1S/C17H15IN2O2/c1-10-5-6-11(8-13(10)18)14-15(21)16(22-17(14)19-2)12-4-3-7-20-9-12/h3-9,19,21H,1-2H3. The summed E-state index contributed by atoms with van der Waals surface area (Å²) in [6, 6.07) is 9.72. The zero-order valence-corrected chi connectivity index (χ0v) is 14.4. The van der Waals surface area contributed by atoms with Crippen LogP contribution >= 0.6 is 22.6 Å². The molecule has 0 radical (unpaired) electrons. The summed E-state index contributed by atoms with van der Waals surface area (Å²) in [5, 5.41) is 13.7. The first kappa shape index (κ1) is 14.9. The lowest BCUT2D eigenvalue weighted by Gasteiger charge is -2.05. The third-order valence-corrected chi connectivity index (χ3v) is 4.66. The van der Waals surface area contributed by atoms with Crippen molar-refractivity contribution in [1.82, 2.24) is 4.98 Å². The van der Waals surface area contributed by atoms with Crippen LogP contribution in [0.1, 0.15) is 5.56 Å². The van der Waals surface area contributed by atoms with Crippen LogP contribution in [0.4, 0.5) is 5.88 Å². The van der Waals surface area contributed by atoms with Gasteiger partial charge in [-0.2, -0.15) is 0 Å². The highest BCUT2D eigenvalue weighted by Crippen LogP contribution is 2.46. The lowest BCUT2D eigenvalue weighted by Crippen LogP contribution is -1.89. The number of benzene rings is 1. The fraction of sp³-hybridized carbons (Fsp3) is 0.118. The van der Waals surface area contributed by atoms with Gasteiger partial charge in [0.2, 0.25) is 5.88 Å². The van der Waals surface area contributed by atoms with E-state index >= 15 is 0 Å². The van der Waals surface area contributed by atoms with Gasteiger partial charge in [0.15, 0.2) is 11.5 Å². The Bertz CT molecular complexity index is 813. The number of nitrogens with zero attached hydrogens (tertiary/aromatic N) is 1. The molecule has 0 saturated heterocycles. The first-order valence-electron chi connectivity index (χ1n) is 6.82. The summed E-state index contributed by atoms with van der Waals surface area (Å²) in [5.74, 6) is 1.08. The monoisotopic (exact) mass is 406 g/mol. The Hall–Kier alpha value is -2.02. The Labute approximate surface area is 142 Å². The zero-order valence-electron chi connectivity index (χ0n) is 12.2. The van der Waals surface area contributed by atoms with Crippen LogP contribution in [0.15, 0.2) is 47.1 Å². The Morgan fingerprint density at radius 2 is 2.05 bits per heavy atom. The number of pyridine rings is 1. The number of aryl methyl sites for hydroxylation is 1. The number of rotatable bonds is 3. The van der Waals surface area contributed by atoms with E-state index < -0.39 is 0 Å². The fourth-order valence-electron chi connectivity index (χ4n) is 2.31. The van der Waals surface area contributed by atoms with Gasteiger partial charge in [-0.15, -0.1) is 0 Å². The number of hydrogen-bond donors (Lipinski definition) is 2. The molecule has 0 spiro atoms. The lowest BCUT2D eigenvalue weighted by molar-refractivity contribution is 0.466. The summed E-state index contributed by atoms with van der Waals surface area (Å²) >= 11 is 2.29. The molecule has 2 N–H and O–H groups in total. The summed E-state index contributed by atoms with van der Waals surface area (Å²) in [4.78, 5) is 4.07. The minimum atomic E-state index is 0.122. The summed E-state index contributed by atoms with van der Waals surface area (Å²) in [7, 11) is 1.77. The maximum absolute atomic E-state index is 10.6. The molecule has 1 aromatic carbocycles. The van der Waals surface area contributed by atoms with Crippen LogP contribution in [0.3, 0.4) is 0 Å². The summed E-state index contributed by atoms with van der Waals surface area (Å²) < 4.78 is 6.94. The highest BCUT2D eigenvalue weighted by Gasteiger charge is 2.22. The van der Waals surface area contributed by atoms with Crippen molar-refractivity contribution in [3.63, 3.8) is 0 Å². The van der Waals surface area contributed by atoms with Crippen molar-refractivity contribution < 1.29 is 9.52 Å². The van der Waals surface area contributed by atoms with Gasteiger partial charge in [-0.25, -0.2) is 0 Å². The molecule has 5 heteroatoms. The third-order valence-electron chi connectivity index (χ3n) is 3.49. The molecule has 3 aromatic rings. The number of aromatic nitrogens is 1. The van der Waals surface area contributed by atoms with Gasteiger partial charge in [-0.05, 0) is 58.8 Å². The smallest absolute Gasteiger partial charge is 0.205 e. The quantitative estimate of drug-likeness (QED) is 0.621. The molecule has 0 aliphatic carbocycles. The van der Waals surface area contributed by atoms with Crippen LogP contribution in [-0.4, -0.2) is 17.1 Å². The molecule has 0 unspecified atom stereocenters. The average Bonchev–Trinajstić information content (AvgIpc) is 2.88. The molecular weight excluding hydrogens is 391 g/mol. The normalized spacial score (nSPS) is 10.7. The van der Waals surface area contributed by atoms with Crippen LogP contribution in [0.5, 0.6) is 5.75 Å². The van der Waals surface area contributed by atoms with E-state index in [0.29, 0.717) is 17.2 Å². The van der Waals surface area contributed by atoms with Crippen LogP contribution in [0.25, 0.3) is 22.5 Å². The van der Waals surface area contributed by atoms with Crippen molar-refractivity contribution in [3.8, 4) is 28.2 Å². The molecule has 2 aromatic heterocycles. The molecule has 0 bridgehead atoms. The van der Waals surface area contributed by atoms with Crippen molar-refractivity contribution in [2.45, 2.75) is 6.92 Å². The molecule has 0 aliphatic heterocycles. The van der Waals surface area contributed by atoms with E-state index in [9.17, 15) is 5.11 Å². The molecule has 0 atom stereocenters. The van der Waals surface area contributed by atoms with Gasteiger partial charge in [-0.3, -0.25) is 4.98 Å². The molecule has 0 amide bonds. The van der Waals surface area contributed by atoms with Crippen molar-refractivity contribution in [2.75, 3.05) is 12.4 Å². The summed E-state index contributed by atoms with van der Waals surface area (Å²) in [6.45, 7) is 2.06. The summed E-state index contributed by atoms with van der Waals surface area (Å²) in [6.07, 6.45) is 3.35. The number of halogens is 1. The Kier molecular flexibility index (Phi) is 4.06. The molecule has 0 saturated carbocycles. The van der Waals surface area contributed by atoms with Crippen LogP contribution in [0.2, 0.25) is 0 Å². The second-order valence-corrected chi connectivity index (χ2v) is 6.10. The number of aromatic hydroxyl groups is 1. The van der Waals surface area contributed by atoms with Gasteiger partial charge in [0.05, 0.1) is 5.56 Å². The van der Waals surface area contributed by atoms with E-state index in [0.717, 1.165) is 14.7 Å². The average molecular weight is 406 g/mol. The third kappa shape index (κ3) is 2.56. The van der Waals surface area contributed by atoms with Gasteiger partial charge in [-0.1, -0.05) is 12.1 Å². The second kappa shape index (κ2) is 6.00. The van der Waals surface area contributed by atoms with Crippen LogP contribution in [-0.2, 0) is 0 Å². The fourth-order valence-corrected chi connectivity index (χ4v) is 2.82. The Morgan fingerprint density at radius 3 is 2.68 bits per heavy atom. The maximum Gasteiger partial charge on any atom is 0.205 e. The predicted octanol–water partition coefficient (Wildman–Crippen LogP) is 4.67. The van der Waals surface area contributed by atoms with E-state index in [1.807, 2.05) is 30.3 Å². The SMILES string of the molecule is CNc1oc(-c2cccnc2)c(O)c1-c1ccc(C)c(I)c1. The van der Waals surface area contributed by atoms with Crippen LogP contribution in [0, 0.1) is 10.5 Å². The summed E-state index contributed by atoms with van der Waals surface area (Å²) in [5.41, 5.74) is 3.52. The van der Waals surface area contributed by atoms with Gasteiger partial charge < -0.3 is 14.8 Å². The number of furan rings is 1. The van der Waals surface area contributed by atoms with Crippen LogP contribution < -0.4 is 5.32 Å². The molecule has 112 valence electrons. The molecule has 0 aliphatic rings. The molecule has 4 nitrogen and oxygen atoms in total. The molecular formula is C17H15IN2O2. The minimum absolute atomic E-state index is 0.122. The van der Waals surface area contributed by atoms with Gasteiger partial charge in [0.1, 0.15) is 0 Å². The first-order chi connectivity index (χ1) is 10.6. The first-order valence-corrected chi connectivity index (χ1v) is 7.90. The lowest BCUT2D eigenvalue weighted by atomic mass is 10.0. The van der Waals surface area contributed by atoms with Crippen molar-refractivity contribution >= 4 is 28.5 Å². The van der Waals surface area contributed by atoms with E-state index in [-0.39, 0.29) is 5.75 Å².